The summed E-state index contributed by atoms with van der Waals surface area (Å²) in [6.45, 7) is 0. The minimum absolute atomic E-state index is 0.129. The molecular formula is C22H20N4O4. The number of carbonyl (C=O) groups is 1. The van der Waals surface area contributed by atoms with E-state index < -0.39 is 5.92 Å². The molecule has 2 aromatic heterocycles. The number of imidazole rings is 1. The maximum Gasteiger partial charge on any atom is 0.260 e. The Morgan fingerprint density at radius 3 is 2.63 bits per heavy atom. The Balaban J connectivity index is 1.89. The van der Waals surface area contributed by atoms with Gasteiger partial charge in [0.05, 0.1) is 30.8 Å². The summed E-state index contributed by atoms with van der Waals surface area (Å²) in [4.78, 5) is 30.8. The Kier molecular flexibility index (Phi) is 4.02. The molecule has 1 aliphatic heterocycles. The first-order valence-electron chi connectivity index (χ1n) is 9.56. The summed E-state index contributed by atoms with van der Waals surface area (Å²) in [6, 6.07) is 13.1. The molecule has 0 saturated carbocycles. The van der Waals surface area contributed by atoms with E-state index in [1.807, 2.05) is 40.8 Å². The van der Waals surface area contributed by atoms with Crippen LogP contribution < -0.4 is 20.3 Å². The molecule has 8 nitrogen and oxygen atoms in total. The molecular weight excluding hydrogens is 384 g/mol. The lowest BCUT2D eigenvalue weighted by molar-refractivity contribution is -0.116. The molecule has 0 fully saturated rings. The quantitative estimate of drug-likeness (QED) is 0.567. The van der Waals surface area contributed by atoms with Gasteiger partial charge in [0.1, 0.15) is 5.82 Å². The Morgan fingerprint density at radius 2 is 1.87 bits per heavy atom. The average molecular weight is 404 g/mol. The van der Waals surface area contributed by atoms with Crippen molar-refractivity contribution < 1.29 is 14.3 Å². The number of nitrogens with zero attached hydrogens (tertiary/aromatic N) is 3. The van der Waals surface area contributed by atoms with Crippen LogP contribution in [0.15, 0.2) is 47.3 Å². The number of ether oxygens (including phenoxy) is 2. The number of hydrogen-bond donors (Lipinski definition) is 1. The van der Waals surface area contributed by atoms with Crippen molar-refractivity contribution in [2.75, 3.05) is 19.5 Å². The highest BCUT2D eigenvalue weighted by molar-refractivity contribution is 5.96. The second-order valence-electron chi connectivity index (χ2n) is 7.25. The van der Waals surface area contributed by atoms with E-state index in [2.05, 4.69) is 10.3 Å². The van der Waals surface area contributed by atoms with Crippen molar-refractivity contribution in [2.45, 2.75) is 12.3 Å². The summed E-state index contributed by atoms with van der Waals surface area (Å²) in [5.74, 6) is 1.33. The predicted octanol–water partition coefficient (Wildman–Crippen LogP) is 2.68. The largest absolute Gasteiger partial charge is 0.493 e. The van der Waals surface area contributed by atoms with Crippen LogP contribution in [0.5, 0.6) is 11.5 Å². The van der Waals surface area contributed by atoms with E-state index in [1.165, 1.54) is 4.57 Å². The highest BCUT2D eigenvalue weighted by atomic mass is 16.5. The molecule has 5 rings (SSSR count). The van der Waals surface area contributed by atoms with Crippen molar-refractivity contribution >= 4 is 28.5 Å². The highest BCUT2D eigenvalue weighted by Crippen LogP contribution is 2.43. The molecule has 8 heteroatoms. The minimum atomic E-state index is -0.483. The second-order valence-corrected chi connectivity index (χ2v) is 7.25. The van der Waals surface area contributed by atoms with Crippen LogP contribution in [0.25, 0.3) is 16.8 Å². The fourth-order valence-corrected chi connectivity index (χ4v) is 4.31. The van der Waals surface area contributed by atoms with Gasteiger partial charge in [0.25, 0.3) is 5.56 Å². The Bertz CT molecular complexity index is 1390. The van der Waals surface area contributed by atoms with Crippen molar-refractivity contribution in [3.63, 3.8) is 0 Å². The van der Waals surface area contributed by atoms with Gasteiger partial charge in [-0.05, 0) is 18.2 Å². The van der Waals surface area contributed by atoms with Crippen molar-refractivity contribution in [3.8, 4) is 11.5 Å². The van der Waals surface area contributed by atoms with Gasteiger partial charge >= 0.3 is 0 Å². The van der Waals surface area contributed by atoms with E-state index in [9.17, 15) is 9.59 Å². The zero-order chi connectivity index (χ0) is 21.0. The molecule has 1 unspecified atom stereocenters. The number of aromatic nitrogens is 3. The third-order valence-electron chi connectivity index (χ3n) is 5.66. The topological polar surface area (TPSA) is 86.9 Å². The lowest BCUT2D eigenvalue weighted by atomic mass is 9.86. The molecule has 0 aliphatic carbocycles. The number of anilines is 1. The number of nitrogens with one attached hydrogen (secondary N) is 1. The SMILES string of the molecule is COc1cccc(C2CC(=O)Nc3c2c(=O)n(C)c2nc4ccccc4n32)c1OC. The molecule has 1 N–H and O–H groups in total. The summed E-state index contributed by atoms with van der Waals surface area (Å²) in [6.07, 6.45) is 0.129. The van der Waals surface area contributed by atoms with Gasteiger partial charge in [0.15, 0.2) is 11.5 Å². The van der Waals surface area contributed by atoms with Crippen LogP contribution in [-0.2, 0) is 11.8 Å². The normalized spacial score (nSPS) is 15.8. The summed E-state index contributed by atoms with van der Waals surface area (Å²) in [5.41, 5.74) is 2.59. The third-order valence-corrected chi connectivity index (χ3v) is 5.66. The molecule has 4 aromatic rings. The second kappa shape index (κ2) is 6.62. The van der Waals surface area contributed by atoms with Crippen molar-refractivity contribution in [2.24, 2.45) is 7.05 Å². The van der Waals surface area contributed by atoms with Crippen molar-refractivity contribution in [1.29, 1.82) is 0 Å². The maximum absolute atomic E-state index is 13.4. The summed E-state index contributed by atoms with van der Waals surface area (Å²) >= 11 is 0. The Labute approximate surface area is 171 Å². The molecule has 3 heterocycles. The number of amides is 1. The number of rotatable bonds is 3. The van der Waals surface area contributed by atoms with Crippen LogP contribution >= 0.6 is 0 Å². The number of carbonyl (C=O) groups excluding carboxylic acids is 1. The Morgan fingerprint density at radius 1 is 1.07 bits per heavy atom. The number of aryl methyl sites for hydroxylation is 1. The van der Waals surface area contributed by atoms with E-state index in [1.54, 1.807) is 27.3 Å². The van der Waals surface area contributed by atoms with Crippen molar-refractivity contribution in [3.05, 3.63) is 63.9 Å². The summed E-state index contributed by atoms with van der Waals surface area (Å²) in [5, 5.41) is 2.91. The van der Waals surface area contributed by atoms with E-state index >= 15 is 0 Å². The molecule has 152 valence electrons. The molecule has 1 amide bonds. The fourth-order valence-electron chi connectivity index (χ4n) is 4.31. The van der Waals surface area contributed by atoms with E-state index in [0.717, 1.165) is 16.6 Å². The first-order chi connectivity index (χ1) is 14.5. The van der Waals surface area contributed by atoms with Gasteiger partial charge in [0.2, 0.25) is 11.7 Å². The summed E-state index contributed by atoms with van der Waals surface area (Å²) < 4.78 is 14.4. The van der Waals surface area contributed by atoms with Crippen LogP contribution in [0.4, 0.5) is 5.82 Å². The van der Waals surface area contributed by atoms with Gasteiger partial charge in [-0.2, -0.15) is 0 Å². The number of fused-ring (bicyclic) bond motifs is 5. The molecule has 0 saturated heterocycles. The van der Waals surface area contributed by atoms with Crippen LogP contribution in [0, 0.1) is 0 Å². The number of para-hydroxylation sites is 3. The van der Waals surface area contributed by atoms with Gasteiger partial charge < -0.3 is 14.8 Å². The van der Waals surface area contributed by atoms with Gasteiger partial charge in [-0.15, -0.1) is 0 Å². The number of hydrogen-bond acceptors (Lipinski definition) is 5. The monoisotopic (exact) mass is 404 g/mol. The molecule has 2 aromatic carbocycles. The lowest BCUT2D eigenvalue weighted by Crippen LogP contribution is -2.35. The van der Waals surface area contributed by atoms with E-state index in [0.29, 0.717) is 28.7 Å². The standard InChI is InChI=1S/C22H20N4O4/c1-25-21(28)18-13(12-7-6-10-16(29-2)19(12)30-3)11-17(27)24-20(18)26-15-9-5-4-8-14(15)23-22(25)26/h4-10,13H,11H2,1-3H3,(H,24,27). The molecule has 1 atom stereocenters. The van der Waals surface area contributed by atoms with E-state index in [4.69, 9.17) is 9.47 Å². The average Bonchev–Trinajstić information content (AvgIpc) is 3.16. The van der Waals surface area contributed by atoms with Crippen molar-refractivity contribution in [1.82, 2.24) is 14.0 Å². The van der Waals surface area contributed by atoms with Crippen LogP contribution in [0.3, 0.4) is 0 Å². The zero-order valence-corrected chi connectivity index (χ0v) is 16.8. The van der Waals surface area contributed by atoms with Crippen LogP contribution in [-0.4, -0.2) is 34.1 Å². The third kappa shape index (κ3) is 2.43. The van der Waals surface area contributed by atoms with Gasteiger partial charge in [-0.3, -0.25) is 18.6 Å². The molecule has 0 radical (unpaired) electrons. The predicted molar refractivity (Wildman–Crippen MR) is 113 cm³/mol. The van der Waals surface area contributed by atoms with Gasteiger partial charge in [-0.1, -0.05) is 24.3 Å². The lowest BCUT2D eigenvalue weighted by Gasteiger charge is -2.28. The molecule has 0 spiro atoms. The minimum Gasteiger partial charge on any atom is -0.493 e. The number of benzene rings is 2. The van der Waals surface area contributed by atoms with Gasteiger partial charge in [-0.25, -0.2) is 4.98 Å². The van der Waals surface area contributed by atoms with Gasteiger partial charge in [0, 0.05) is 24.9 Å². The fraction of sp³-hybridized carbons (Fsp3) is 0.227. The highest BCUT2D eigenvalue weighted by Gasteiger charge is 2.35. The first-order valence-corrected chi connectivity index (χ1v) is 9.56. The Hall–Kier alpha value is -3.81. The van der Waals surface area contributed by atoms with Crippen LogP contribution in [0.1, 0.15) is 23.5 Å². The summed E-state index contributed by atoms with van der Waals surface area (Å²) in [7, 11) is 4.80. The first kappa shape index (κ1) is 18.2. The van der Waals surface area contributed by atoms with E-state index in [-0.39, 0.29) is 17.9 Å². The molecule has 30 heavy (non-hydrogen) atoms. The maximum atomic E-state index is 13.4. The zero-order valence-electron chi connectivity index (χ0n) is 16.8. The van der Waals surface area contributed by atoms with Crippen LogP contribution in [0.2, 0.25) is 0 Å². The smallest absolute Gasteiger partial charge is 0.260 e. The molecule has 0 bridgehead atoms. The molecule has 1 aliphatic rings. The number of methoxy groups -OCH3 is 2.